The zero-order chi connectivity index (χ0) is 14.0. The third-order valence-electron chi connectivity index (χ3n) is 3.48. The quantitative estimate of drug-likeness (QED) is 0.668. The van der Waals surface area contributed by atoms with Crippen molar-refractivity contribution in [3.8, 4) is 0 Å². The number of carbonyl (C=O) groups is 2. The van der Waals surface area contributed by atoms with Crippen LogP contribution < -0.4 is 22.1 Å². The molecule has 0 aromatic heterocycles. The molecule has 6 nitrogen and oxygen atoms in total. The molecule has 0 spiro atoms. The summed E-state index contributed by atoms with van der Waals surface area (Å²) in [6.07, 6.45) is 1.66. The maximum atomic E-state index is 11.3. The van der Waals surface area contributed by atoms with Crippen LogP contribution in [0.25, 0.3) is 0 Å². The number of nitrogen functional groups attached to an aromatic ring is 1. The van der Waals surface area contributed by atoms with E-state index in [9.17, 15) is 9.59 Å². The standard InChI is InChI=1S/C13H18N4O2/c14-10-4-3-8(12(15)18)6-11(10)17-5-1-2-9(7-17)13(16)19/h3-4,6,9H,1-2,5,7,14H2,(H2,15,18)(H2,16,19). The second-order valence-electron chi connectivity index (χ2n) is 4.83. The molecule has 0 saturated carbocycles. The fourth-order valence-electron chi connectivity index (χ4n) is 2.40. The van der Waals surface area contributed by atoms with Gasteiger partial charge >= 0.3 is 0 Å². The Balaban J connectivity index is 2.27. The van der Waals surface area contributed by atoms with Crippen LogP contribution in [0.5, 0.6) is 0 Å². The first-order valence-electron chi connectivity index (χ1n) is 6.22. The van der Waals surface area contributed by atoms with E-state index < -0.39 is 5.91 Å². The highest BCUT2D eigenvalue weighted by Crippen LogP contribution is 2.29. The van der Waals surface area contributed by atoms with Crippen molar-refractivity contribution < 1.29 is 9.59 Å². The van der Waals surface area contributed by atoms with Gasteiger partial charge in [0.15, 0.2) is 0 Å². The van der Waals surface area contributed by atoms with E-state index in [0.29, 0.717) is 17.8 Å². The number of anilines is 2. The van der Waals surface area contributed by atoms with Crippen molar-refractivity contribution in [2.45, 2.75) is 12.8 Å². The predicted molar refractivity (Wildman–Crippen MR) is 73.5 cm³/mol. The Morgan fingerprint density at radius 1 is 1.26 bits per heavy atom. The first-order chi connectivity index (χ1) is 8.99. The van der Waals surface area contributed by atoms with Crippen LogP contribution in [0.1, 0.15) is 23.2 Å². The molecule has 1 saturated heterocycles. The van der Waals surface area contributed by atoms with Crippen LogP contribution in [0.15, 0.2) is 18.2 Å². The van der Waals surface area contributed by atoms with Crippen LogP contribution in [-0.2, 0) is 4.79 Å². The minimum atomic E-state index is -0.496. The average Bonchev–Trinajstić information content (AvgIpc) is 2.39. The lowest BCUT2D eigenvalue weighted by atomic mass is 9.96. The van der Waals surface area contributed by atoms with Crippen molar-refractivity contribution in [1.82, 2.24) is 0 Å². The lowest BCUT2D eigenvalue weighted by Crippen LogP contribution is -2.41. The summed E-state index contributed by atoms with van der Waals surface area (Å²) in [5.74, 6) is -0.968. The highest BCUT2D eigenvalue weighted by atomic mass is 16.1. The summed E-state index contributed by atoms with van der Waals surface area (Å²) < 4.78 is 0. The number of piperidine rings is 1. The van der Waals surface area contributed by atoms with E-state index in [2.05, 4.69) is 0 Å². The molecule has 2 rings (SSSR count). The van der Waals surface area contributed by atoms with E-state index in [4.69, 9.17) is 17.2 Å². The monoisotopic (exact) mass is 262 g/mol. The Kier molecular flexibility index (Phi) is 3.59. The summed E-state index contributed by atoms with van der Waals surface area (Å²) in [7, 11) is 0. The van der Waals surface area contributed by atoms with Crippen LogP contribution >= 0.6 is 0 Å². The minimum Gasteiger partial charge on any atom is -0.397 e. The number of benzene rings is 1. The van der Waals surface area contributed by atoms with E-state index in [0.717, 1.165) is 25.1 Å². The molecule has 0 aliphatic carbocycles. The van der Waals surface area contributed by atoms with Gasteiger partial charge in [-0.25, -0.2) is 0 Å². The van der Waals surface area contributed by atoms with Gasteiger partial charge in [-0.05, 0) is 31.0 Å². The summed E-state index contributed by atoms with van der Waals surface area (Å²) in [6.45, 7) is 1.32. The van der Waals surface area contributed by atoms with Gasteiger partial charge in [0.1, 0.15) is 0 Å². The zero-order valence-corrected chi connectivity index (χ0v) is 10.6. The topological polar surface area (TPSA) is 115 Å². The Morgan fingerprint density at radius 3 is 2.63 bits per heavy atom. The van der Waals surface area contributed by atoms with Crippen molar-refractivity contribution in [3.63, 3.8) is 0 Å². The third-order valence-corrected chi connectivity index (χ3v) is 3.48. The molecule has 1 aliphatic heterocycles. The molecule has 1 fully saturated rings. The lowest BCUT2D eigenvalue weighted by molar-refractivity contribution is -0.122. The molecular weight excluding hydrogens is 244 g/mol. The molecule has 6 heteroatoms. The Labute approximate surface area is 111 Å². The average molecular weight is 262 g/mol. The van der Waals surface area contributed by atoms with Gasteiger partial charge in [0.2, 0.25) is 11.8 Å². The van der Waals surface area contributed by atoms with Gasteiger partial charge in [0, 0.05) is 18.7 Å². The van der Waals surface area contributed by atoms with Gasteiger partial charge in [0.25, 0.3) is 0 Å². The molecule has 1 heterocycles. The Morgan fingerprint density at radius 2 is 2.00 bits per heavy atom. The maximum Gasteiger partial charge on any atom is 0.248 e. The van der Waals surface area contributed by atoms with E-state index >= 15 is 0 Å². The van der Waals surface area contributed by atoms with Crippen LogP contribution in [0.2, 0.25) is 0 Å². The van der Waals surface area contributed by atoms with Crippen LogP contribution in [0.4, 0.5) is 11.4 Å². The van der Waals surface area contributed by atoms with Crippen LogP contribution in [-0.4, -0.2) is 24.9 Å². The molecule has 0 radical (unpaired) electrons. The molecule has 6 N–H and O–H groups in total. The number of nitrogens with two attached hydrogens (primary N) is 3. The van der Waals surface area contributed by atoms with Gasteiger partial charge in [-0.3, -0.25) is 9.59 Å². The van der Waals surface area contributed by atoms with E-state index in [-0.39, 0.29) is 11.8 Å². The minimum absolute atomic E-state index is 0.176. The van der Waals surface area contributed by atoms with Crippen LogP contribution in [0, 0.1) is 5.92 Å². The molecule has 1 unspecified atom stereocenters. The number of hydrogen-bond acceptors (Lipinski definition) is 4. The van der Waals surface area contributed by atoms with Crippen molar-refractivity contribution in [3.05, 3.63) is 23.8 Å². The highest BCUT2D eigenvalue weighted by molar-refractivity contribution is 5.95. The number of primary amides is 2. The van der Waals surface area contributed by atoms with Crippen molar-refractivity contribution in [2.75, 3.05) is 23.7 Å². The SMILES string of the molecule is NC(=O)c1ccc(N)c(N2CCCC(C(N)=O)C2)c1. The van der Waals surface area contributed by atoms with Gasteiger partial charge in [-0.1, -0.05) is 0 Å². The van der Waals surface area contributed by atoms with Gasteiger partial charge in [-0.2, -0.15) is 0 Å². The molecule has 1 aromatic carbocycles. The highest BCUT2D eigenvalue weighted by Gasteiger charge is 2.25. The molecule has 0 bridgehead atoms. The van der Waals surface area contributed by atoms with Crippen molar-refractivity contribution >= 4 is 23.2 Å². The van der Waals surface area contributed by atoms with Gasteiger partial charge in [-0.15, -0.1) is 0 Å². The number of rotatable bonds is 3. The Hall–Kier alpha value is -2.24. The largest absolute Gasteiger partial charge is 0.397 e. The Bertz CT molecular complexity index is 515. The summed E-state index contributed by atoms with van der Waals surface area (Å²) >= 11 is 0. The number of amides is 2. The second kappa shape index (κ2) is 5.17. The number of carbonyl (C=O) groups excluding carboxylic acids is 2. The van der Waals surface area contributed by atoms with Gasteiger partial charge in [0.05, 0.1) is 17.3 Å². The first kappa shape index (κ1) is 13.2. The van der Waals surface area contributed by atoms with Crippen molar-refractivity contribution in [2.24, 2.45) is 17.4 Å². The van der Waals surface area contributed by atoms with E-state index in [1.54, 1.807) is 18.2 Å². The zero-order valence-electron chi connectivity index (χ0n) is 10.6. The summed E-state index contributed by atoms with van der Waals surface area (Å²) in [5.41, 5.74) is 18.3. The fourth-order valence-corrected chi connectivity index (χ4v) is 2.40. The molecule has 1 aliphatic rings. The lowest BCUT2D eigenvalue weighted by Gasteiger charge is -2.33. The summed E-state index contributed by atoms with van der Waals surface area (Å²) in [6, 6.07) is 4.92. The molecule has 1 aromatic rings. The summed E-state index contributed by atoms with van der Waals surface area (Å²) in [4.78, 5) is 24.5. The normalized spacial score (nSPS) is 19.2. The molecule has 102 valence electrons. The van der Waals surface area contributed by atoms with Crippen LogP contribution in [0.3, 0.4) is 0 Å². The predicted octanol–water partition coefficient (Wildman–Crippen LogP) is 0.0694. The summed E-state index contributed by atoms with van der Waals surface area (Å²) in [5, 5.41) is 0. The molecule has 2 amide bonds. The molecular formula is C13H18N4O2. The fraction of sp³-hybridized carbons (Fsp3) is 0.385. The van der Waals surface area contributed by atoms with Crippen molar-refractivity contribution in [1.29, 1.82) is 0 Å². The number of hydrogen-bond donors (Lipinski definition) is 3. The first-order valence-corrected chi connectivity index (χ1v) is 6.22. The number of nitrogens with zero attached hydrogens (tertiary/aromatic N) is 1. The smallest absolute Gasteiger partial charge is 0.248 e. The van der Waals surface area contributed by atoms with E-state index in [1.807, 2.05) is 4.90 Å². The van der Waals surface area contributed by atoms with Gasteiger partial charge < -0.3 is 22.1 Å². The molecule has 19 heavy (non-hydrogen) atoms. The van der Waals surface area contributed by atoms with E-state index in [1.165, 1.54) is 0 Å². The third kappa shape index (κ3) is 2.78. The molecule has 1 atom stereocenters. The maximum absolute atomic E-state index is 11.3. The second-order valence-corrected chi connectivity index (χ2v) is 4.83.